The highest BCUT2D eigenvalue weighted by molar-refractivity contribution is 7.15. The van der Waals surface area contributed by atoms with Crippen LogP contribution in [0, 0.1) is 0 Å². The molecule has 0 bridgehead atoms. The summed E-state index contributed by atoms with van der Waals surface area (Å²) in [5, 5.41) is 1.24. The predicted octanol–water partition coefficient (Wildman–Crippen LogP) is 5.06. The second-order valence-corrected chi connectivity index (χ2v) is 6.81. The Morgan fingerprint density at radius 2 is 1.78 bits per heavy atom. The van der Waals surface area contributed by atoms with Crippen molar-refractivity contribution in [2.45, 2.75) is 46.0 Å². The minimum atomic E-state index is 0.222. The molecule has 0 saturated heterocycles. The van der Waals surface area contributed by atoms with Gasteiger partial charge < -0.3 is 0 Å². The van der Waals surface area contributed by atoms with Gasteiger partial charge in [0, 0.05) is 6.20 Å². The third-order valence-corrected chi connectivity index (χ3v) is 4.16. The first-order chi connectivity index (χ1) is 8.50. The minimum absolute atomic E-state index is 0.222. The number of aromatic nitrogens is 1. The first kappa shape index (κ1) is 13.3. The largest absolute Gasteiger partial charge is 0.249 e. The average molecular weight is 259 g/mol. The summed E-state index contributed by atoms with van der Waals surface area (Å²) in [4.78, 5) is 5.75. The van der Waals surface area contributed by atoms with Crippen molar-refractivity contribution in [3.05, 3.63) is 41.0 Å². The summed E-state index contributed by atoms with van der Waals surface area (Å²) < 4.78 is 0. The van der Waals surface area contributed by atoms with Gasteiger partial charge in [0.15, 0.2) is 0 Å². The van der Waals surface area contributed by atoms with Crippen LogP contribution < -0.4 is 0 Å². The summed E-state index contributed by atoms with van der Waals surface area (Å²) >= 11 is 1.81. The van der Waals surface area contributed by atoms with Crippen molar-refractivity contribution in [1.82, 2.24) is 4.98 Å². The molecule has 0 radical (unpaired) electrons. The van der Waals surface area contributed by atoms with E-state index >= 15 is 0 Å². The molecule has 0 fully saturated rings. The van der Waals surface area contributed by atoms with Crippen molar-refractivity contribution in [1.29, 1.82) is 0 Å². The van der Waals surface area contributed by atoms with E-state index in [1.54, 1.807) is 0 Å². The van der Waals surface area contributed by atoms with Gasteiger partial charge in [-0.1, -0.05) is 52.0 Å². The number of hydrogen-bond donors (Lipinski definition) is 0. The molecule has 0 spiro atoms. The number of aryl methyl sites for hydroxylation is 1. The summed E-state index contributed by atoms with van der Waals surface area (Å²) in [5.41, 5.74) is 2.88. The van der Waals surface area contributed by atoms with E-state index in [0.29, 0.717) is 0 Å². The van der Waals surface area contributed by atoms with E-state index < -0.39 is 0 Å². The van der Waals surface area contributed by atoms with Crippen LogP contribution in [0.5, 0.6) is 0 Å². The second-order valence-electron chi connectivity index (χ2n) is 5.70. The molecular formula is C16H21NS. The van der Waals surface area contributed by atoms with Gasteiger partial charge >= 0.3 is 0 Å². The molecule has 0 atom stereocenters. The summed E-state index contributed by atoms with van der Waals surface area (Å²) in [5.74, 6) is 0. The molecule has 2 heteroatoms. The summed E-state index contributed by atoms with van der Waals surface area (Å²) in [6.45, 7) is 8.93. The third-order valence-electron chi connectivity index (χ3n) is 3.05. The molecule has 1 nitrogen and oxygen atoms in total. The topological polar surface area (TPSA) is 12.9 Å². The Morgan fingerprint density at radius 1 is 1.11 bits per heavy atom. The maximum absolute atomic E-state index is 4.47. The highest BCUT2D eigenvalue weighted by Crippen LogP contribution is 2.29. The fourth-order valence-corrected chi connectivity index (χ4v) is 2.93. The molecule has 0 N–H and O–H groups in total. The lowest BCUT2D eigenvalue weighted by Gasteiger charge is -2.18. The average Bonchev–Trinajstić information content (AvgIpc) is 2.77. The van der Waals surface area contributed by atoms with Crippen LogP contribution in [0.2, 0.25) is 0 Å². The SMILES string of the molecule is CCCc1ncc(-c2ccc(C(C)(C)C)cc2)s1. The Morgan fingerprint density at radius 3 is 2.33 bits per heavy atom. The van der Waals surface area contributed by atoms with Crippen molar-refractivity contribution in [3.8, 4) is 10.4 Å². The number of nitrogens with zero attached hydrogens (tertiary/aromatic N) is 1. The Labute approximate surface area is 114 Å². The molecule has 0 saturated carbocycles. The van der Waals surface area contributed by atoms with E-state index in [9.17, 15) is 0 Å². The van der Waals surface area contributed by atoms with Crippen LogP contribution in [-0.4, -0.2) is 4.98 Å². The number of benzene rings is 1. The molecule has 0 aliphatic carbocycles. The van der Waals surface area contributed by atoms with Gasteiger partial charge in [0.05, 0.1) is 9.88 Å². The molecule has 1 heterocycles. The first-order valence-electron chi connectivity index (χ1n) is 6.56. The molecule has 0 amide bonds. The highest BCUT2D eigenvalue weighted by atomic mass is 32.1. The summed E-state index contributed by atoms with van der Waals surface area (Å²) in [6, 6.07) is 8.89. The monoisotopic (exact) mass is 259 g/mol. The molecule has 2 rings (SSSR count). The Bertz CT molecular complexity index is 503. The van der Waals surface area contributed by atoms with Crippen molar-refractivity contribution in [2.24, 2.45) is 0 Å². The van der Waals surface area contributed by atoms with Crippen LogP contribution in [0.15, 0.2) is 30.5 Å². The number of rotatable bonds is 3. The molecule has 1 aromatic heterocycles. The molecule has 1 aromatic carbocycles. The zero-order valence-electron chi connectivity index (χ0n) is 11.7. The van der Waals surface area contributed by atoms with Crippen molar-refractivity contribution in [2.75, 3.05) is 0 Å². The zero-order valence-corrected chi connectivity index (χ0v) is 12.5. The summed E-state index contributed by atoms with van der Waals surface area (Å²) in [7, 11) is 0. The van der Waals surface area contributed by atoms with Gasteiger partial charge in [-0.2, -0.15) is 0 Å². The standard InChI is InChI=1S/C16H21NS/c1-5-6-15-17-11-14(18-15)12-7-9-13(10-8-12)16(2,3)4/h7-11H,5-6H2,1-4H3. The van der Waals surface area contributed by atoms with E-state index in [1.165, 1.54) is 21.0 Å². The van der Waals surface area contributed by atoms with Gasteiger partial charge in [-0.05, 0) is 29.4 Å². The summed E-state index contributed by atoms with van der Waals surface area (Å²) in [6.07, 6.45) is 4.25. The van der Waals surface area contributed by atoms with E-state index in [-0.39, 0.29) is 5.41 Å². The van der Waals surface area contributed by atoms with Gasteiger partial charge in [-0.3, -0.25) is 0 Å². The lowest BCUT2D eigenvalue weighted by atomic mass is 9.87. The van der Waals surface area contributed by atoms with E-state index in [4.69, 9.17) is 0 Å². The quantitative estimate of drug-likeness (QED) is 0.750. The third kappa shape index (κ3) is 2.99. The number of hydrogen-bond acceptors (Lipinski definition) is 2. The Kier molecular flexibility index (Phi) is 3.86. The van der Waals surface area contributed by atoms with E-state index in [0.717, 1.165) is 12.8 Å². The van der Waals surface area contributed by atoms with Crippen LogP contribution >= 0.6 is 11.3 Å². The molecule has 0 aliphatic rings. The first-order valence-corrected chi connectivity index (χ1v) is 7.38. The van der Waals surface area contributed by atoms with Crippen molar-refractivity contribution in [3.63, 3.8) is 0 Å². The molecule has 0 aliphatic heterocycles. The molecule has 96 valence electrons. The van der Waals surface area contributed by atoms with Crippen LogP contribution in [0.4, 0.5) is 0 Å². The van der Waals surface area contributed by atoms with Crippen LogP contribution in [0.3, 0.4) is 0 Å². The van der Waals surface area contributed by atoms with Crippen molar-refractivity contribution >= 4 is 11.3 Å². The molecule has 18 heavy (non-hydrogen) atoms. The number of thiazole rings is 1. The van der Waals surface area contributed by atoms with Crippen molar-refractivity contribution < 1.29 is 0 Å². The van der Waals surface area contributed by atoms with Crippen LogP contribution in [0.25, 0.3) is 10.4 Å². The fourth-order valence-electron chi connectivity index (χ4n) is 1.91. The van der Waals surface area contributed by atoms with Crippen LogP contribution in [-0.2, 0) is 11.8 Å². The maximum Gasteiger partial charge on any atom is 0.0931 e. The molecule has 2 aromatic rings. The normalized spacial score (nSPS) is 11.8. The fraction of sp³-hybridized carbons (Fsp3) is 0.438. The van der Waals surface area contributed by atoms with Gasteiger partial charge in [0.2, 0.25) is 0 Å². The molecular weight excluding hydrogens is 238 g/mol. The van der Waals surface area contributed by atoms with Gasteiger partial charge in [-0.15, -0.1) is 11.3 Å². The van der Waals surface area contributed by atoms with E-state index in [2.05, 4.69) is 56.9 Å². The second kappa shape index (κ2) is 5.23. The highest BCUT2D eigenvalue weighted by Gasteiger charge is 2.13. The van der Waals surface area contributed by atoms with Gasteiger partial charge in [0.25, 0.3) is 0 Å². The van der Waals surface area contributed by atoms with Crippen LogP contribution in [0.1, 0.15) is 44.7 Å². The lowest BCUT2D eigenvalue weighted by molar-refractivity contribution is 0.590. The maximum atomic E-state index is 4.47. The van der Waals surface area contributed by atoms with E-state index in [1.807, 2.05) is 17.5 Å². The Balaban J connectivity index is 2.23. The Hall–Kier alpha value is -1.15. The predicted molar refractivity (Wildman–Crippen MR) is 80.2 cm³/mol. The molecule has 0 unspecified atom stereocenters. The minimum Gasteiger partial charge on any atom is -0.249 e. The van der Waals surface area contributed by atoms with Gasteiger partial charge in [0.1, 0.15) is 0 Å². The smallest absolute Gasteiger partial charge is 0.0931 e. The zero-order chi connectivity index (χ0) is 13.2. The van der Waals surface area contributed by atoms with Gasteiger partial charge in [-0.25, -0.2) is 4.98 Å². The lowest BCUT2D eigenvalue weighted by Crippen LogP contribution is -2.10.